The second-order valence-corrected chi connectivity index (χ2v) is 7.06. The lowest BCUT2D eigenvalue weighted by molar-refractivity contribution is -0.889. The summed E-state index contributed by atoms with van der Waals surface area (Å²) in [6.45, 7) is 4.50. The number of unbranched alkanes of at least 4 members (excludes halogenated alkanes) is 1. The fourth-order valence-corrected chi connectivity index (χ4v) is 2.18. The molecule has 20 heavy (non-hydrogen) atoms. The van der Waals surface area contributed by atoms with Gasteiger partial charge in [-0.05, 0) is 6.42 Å². The van der Waals surface area contributed by atoms with E-state index >= 15 is 0 Å². The Morgan fingerprint density at radius 1 is 1.10 bits per heavy atom. The highest BCUT2D eigenvalue weighted by molar-refractivity contribution is 7.85. The van der Waals surface area contributed by atoms with Crippen LogP contribution in [0.1, 0.15) is 26.2 Å². The van der Waals surface area contributed by atoms with Crippen molar-refractivity contribution in [2.45, 2.75) is 26.2 Å². The zero-order valence-electron chi connectivity index (χ0n) is 12.6. The summed E-state index contributed by atoms with van der Waals surface area (Å²) in [5.41, 5.74) is 0. The van der Waals surface area contributed by atoms with Crippen molar-refractivity contribution < 1.29 is 22.2 Å². The summed E-state index contributed by atoms with van der Waals surface area (Å²) < 4.78 is 32.1. The predicted octanol–water partition coefficient (Wildman–Crippen LogP) is 0.0974. The van der Waals surface area contributed by atoms with Gasteiger partial charge in [0, 0.05) is 18.7 Å². The van der Waals surface area contributed by atoms with Crippen LogP contribution in [0.15, 0.2) is 0 Å². The first-order valence-electron chi connectivity index (χ1n) is 6.93. The molecule has 0 rings (SSSR count). The Morgan fingerprint density at radius 3 is 2.25 bits per heavy atom. The number of nitrogens with zero attached hydrogens (tertiary/aromatic N) is 1. The highest BCUT2D eigenvalue weighted by atomic mass is 32.2. The van der Waals surface area contributed by atoms with Crippen molar-refractivity contribution in [1.29, 1.82) is 0 Å². The maximum Gasteiger partial charge on any atom is 0.314 e. The fourth-order valence-electron chi connectivity index (χ4n) is 1.69. The van der Waals surface area contributed by atoms with E-state index in [2.05, 4.69) is 17.6 Å². The van der Waals surface area contributed by atoms with Crippen LogP contribution in [0.4, 0.5) is 4.79 Å². The molecule has 7 nitrogen and oxygen atoms in total. The molecule has 2 N–H and O–H groups in total. The minimum absolute atomic E-state index is 0.180. The molecule has 0 aromatic rings. The first-order chi connectivity index (χ1) is 9.16. The van der Waals surface area contributed by atoms with Crippen LogP contribution in [0, 0.1) is 0 Å². The molecular weight excluding hydrogens is 282 g/mol. The van der Waals surface area contributed by atoms with E-state index < -0.39 is 10.1 Å². The Balaban J connectivity index is 3.78. The lowest BCUT2D eigenvalue weighted by atomic mass is 10.3. The van der Waals surface area contributed by atoms with Gasteiger partial charge in [-0.15, -0.1) is 0 Å². The van der Waals surface area contributed by atoms with Gasteiger partial charge in [0.2, 0.25) is 0 Å². The maximum absolute atomic E-state index is 11.4. The molecule has 0 radical (unpaired) electrons. The highest BCUT2D eigenvalue weighted by Gasteiger charge is 2.15. The number of likely N-dealkylation sites (N-methyl/N-ethyl adjacent to an activating group) is 1. The summed E-state index contributed by atoms with van der Waals surface area (Å²) in [4.78, 5) is 11.4. The predicted molar refractivity (Wildman–Crippen MR) is 77.3 cm³/mol. The molecule has 0 aliphatic heterocycles. The van der Waals surface area contributed by atoms with Gasteiger partial charge in [0.1, 0.15) is 0 Å². The van der Waals surface area contributed by atoms with E-state index in [0.717, 1.165) is 12.8 Å². The third-order valence-corrected chi connectivity index (χ3v) is 3.77. The summed E-state index contributed by atoms with van der Waals surface area (Å²) in [5, 5.41) is 5.51. The molecule has 2 amide bonds. The molecule has 0 unspecified atom stereocenters. The van der Waals surface area contributed by atoms with Gasteiger partial charge in [-0.25, -0.2) is 13.2 Å². The molecule has 0 bridgehead atoms. The maximum atomic E-state index is 11.4. The first-order valence-corrected chi connectivity index (χ1v) is 8.51. The number of nitrogens with one attached hydrogen (secondary N) is 2. The molecule has 0 heterocycles. The van der Waals surface area contributed by atoms with Crippen molar-refractivity contribution in [3.63, 3.8) is 0 Å². The quantitative estimate of drug-likeness (QED) is 0.340. The second kappa shape index (κ2) is 9.15. The summed E-state index contributed by atoms with van der Waals surface area (Å²) in [5.74, 6) is -0.334. The van der Waals surface area contributed by atoms with Crippen LogP contribution in [0.3, 0.4) is 0 Å². The summed E-state index contributed by atoms with van der Waals surface area (Å²) >= 11 is 0. The zero-order chi connectivity index (χ0) is 15.6. The smallest absolute Gasteiger partial charge is 0.314 e. The van der Waals surface area contributed by atoms with Gasteiger partial charge in [-0.2, -0.15) is 0 Å². The normalized spacial score (nSPS) is 12.2. The molecular formula is C12H27N3O4S. The molecule has 0 atom stereocenters. The van der Waals surface area contributed by atoms with Crippen LogP contribution in [0.25, 0.3) is 0 Å². The molecule has 0 saturated heterocycles. The van der Waals surface area contributed by atoms with Crippen LogP contribution < -0.4 is 10.6 Å². The zero-order valence-corrected chi connectivity index (χ0v) is 13.5. The van der Waals surface area contributed by atoms with Crippen molar-refractivity contribution in [3.05, 3.63) is 0 Å². The molecule has 0 aliphatic carbocycles. The fraction of sp³-hybridized carbons (Fsp3) is 0.917. The Morgan fingerprint density at radius 2 is 1.70 bits per heavy atom. The van der Waals surface area contributed by atoms with Gasteiger partial charge in [-0.3, -0.25) is 0 Å². The second-order valence-electron chi connectivity index (χ2n) is 5.53. The molecule has 0 aliphatic rings. The third-order valence-electron chi connectivity index (χ3n) is 2.98. The van der Waals surface area contributed by atoms with Gasteiger partial charge in [0.15, 0.2) is 0 Å². The summed E-state index contributed by atoms with van der Waals surface area (Å²) in [6.07, 6.45) is 2.33. The largest absolute Gasteiger partial charge is 0.748 e. The Hall–Kier alpha value is -0.860. The topological polar surface area (TPSA) is 98.3 Å². The van der Waals surface area contributed by atoms with Crippen molar-refractivity contribution in [2.75, 3.05) is 46.0 Å². The molecule has 0 fully saturated rings. The van der Waals surface area contributed by atoms with Crippen LogP contribution in [0.5, 0.6) is 0 Å². The molecule has 8 heteroatoms. The SMILES string of the molecule is CCCCNC(=O)NCC[N+](C)(C)CCCS(=O)(=O)[O-]. The lowest BCUT2D eigenvalue weighted by Crippen LogP contribution is -2.47. The van der Waals surface area contributed by atoms with E-state index in [1.54, 1.807) is 0 Å². The van der Waals surface area contributed by atoms with Crippen molar-refractivity contribution in [1.82, 2.24) is 10.6 Å². The third kappa shape index (κ3) is 12.2. The van der Waals surface area contributed by atoms with Crippen LogP contribution >= 0.6 is 0 Å². The highest BCUT2D eigenvalue weighted by Crippen LogP contribution is 2.00. The molecule has 120 valence electrons. The number of quaternary nitrogens is 1. The van der Waals surface area contributed by atoms with E-state index in [1.165, 1.54) is 0 Å². The van der Waals surface area contributed by atoms with Crippen LogP contribution in [-0.4, -0.2) is 69.5 Å². The summed E-state index contributed by atoms with van der Waals surface area (Å²) in [6, 6.07) is -0.180. The van der Waals surface area contributed by atoms with Gasteiger partial charge < -0.3 is 19.7 Å². The lowest BCUT2D eigenvalue weighted by Gasteiger charge is -2.30. The van der Waals surface area contributed by atoms with Crippen LogP contribution in [-0.2, 0) is 10.1 Å². The number of rotatable bonds is 10. The van der Waals surface area contributed by atoms with E-state index in [9.17, 15) is 17.8 Å². The van der Waals surface area contributed by atoms with Gasteiger partial charge in [-0.1, -0.05) is 13.3 Å². The Kier molecular flexibility index (Phi) is 8.75. The van der Waals surface area contributed by atoms with Gasteiger partial charge >= 0.3 is 6.03 Å². The van der Waals surface area contributed by atoms with Crippen molar-refractivity contribution >= 4 is 16.1 Å². The average Bonchev–Trinajstić information content (AvgIpc) is 2.26. The molecule has 0 aromatic carbocycles. The van der Waals surface area contributed by atoms with Crippen molar-refractivity contribution in [2.24, 2.45) is 0 Å². The summed E-state index contributed by atoms with van der Waals surface area (Å²) in [7, 11) is -0.256. The molecule has 0 aromatic heterocycles. The molecule has 0 saturated carbocycles. The molecule has 0 spiro atoms. The van der Waals surface area contributed by atoms with Gasteiger partial charge in [0.05, 0.1) is 43.8 Å². The number of hydrogen-bond donors (Lipinski definition) is 2. The van der Waals surface area contributed by atoms with E-state index in [1.807, 2.05) is 14.1 Å². The van der Waals surface area contributed by atoms with E-state index in [4.69, 9.17) is 0 Å². The number of carbonyl (C=O) groups excluding carboxylic acids is 1. The van der Waals surface area contributed by atoms with Crippen molar-refractivity contribution in [3.8, 4) is 0 Å². The van der Waals surface area contributed by atoms with Crippen LogP contribution in [0.2, 0.25) is 0 Å². The Labute approximate surface area is 122 Å². The first kappa shape index (κ1) is 19.1. The minimum Gasteiger partial charge on any atom is -0.748 e. The van der Waals surface area contributed by atoms with Gasteiger partial charge in [0.25, 0.3) is 0 Å². The number of urea groups is 1. The monoisotopic (exact) mass is 309 g/mol. The van der Waals surface area contributed by atoms with E-state index in [0.29, 0.717) is 37.1 Å². The minimum atomic E-state index is -4.13. The standard InChI is InChI=1S/C12H27N3O4S/c1-4-5-7-13-12(16)14-8-10-15(2,3)9-6-11-20(17,18)19/h4-11H2,1-3H3,(H2-,13,14,16,17,18,19). The average molecular weight is 309 g/mol. The Bertz CT molecular complexity index is 382. The number of carbonyl (C=O) groups is 1. The number of hydrogen-bond acceptors (Lipinski definition) is 4. The van der Waals surface area contributed by atoms with E-state index in [-0.39, 0.29) is 11.8 Å². The number of amides is 2.